The van der Waals surface area contributed by atoms with Gasteiger partial charge >= 0.3 is 0 Å². The lowest BCUT2D eigenvalue weighted by Crippen LogP contribution is -2.14. The van der Waals surface area contributed by atoms with Gasteiger partial charge in [0.15, 0.2) is 5.75 Å². The number of aromatic nitrogens is 1. The van der Waals surface area contributed by atoms with E-state index in [4.69, 9.17) is 10.5 Å². The molecule has 1 aromatic heterocycles. The molecule has 19 heavy (non-hydrogen) atoms. The molecule has 1 aromatic carbocycles. The summed E-state index contributed by atoms with van der Waals surface area (Å²) in [6.45, 7) is 1.87. The molecule has 0 atom stereocenters. The number of methoxy groups -OCH3 is 1. The van der Waals surface area contributed by atoms with Crippen LogP contribution >= 0.6 is 0 Å². The van der Waals surface area contributed by atoms with Gasteiger partial charge in [0.1, 0.15) is 0 Å². The van der Waals surface area contributed by atoms with Gasteiger partial charge in [-0.2, -0.15) is 0 Å². The van der Waals surface area contributed by atoms with Crippen molar-refractivity contribution in [1.82, 2.24) is 4.98 Å². The molecule has 0 saturated heterocycles. The number of nitrogen functional groups attached to an aromatic ring is 1. The third kappa shape index (κ3) is 2.65. The Labute approximate surface area is 111 Å². The lowest BCUT2D eigenvalue weighted by Gasteiger charge is -2.12. The predicted molar refractivity (Wildman–Crippen MR) is 74.3 cm³/mol. The van der Waals surface area contributed by atoms with Crippen LogP contribution in [0, 0.1) is 6.92 Å². The number of hydrogen-bond donors (Lipinski definition) is 2. The maximum atomic E-state index is 12.2. The van der Waals surface area contributed by atoms with Crippen molar-refractivity contribution in [2.75, 3.05) is 18.2 Å². The van der Waals surface area contributed by atoms with Gasteiger partial charge in [-0.15, -0.1) is 0 Å². The van der Waals surface area contributed by atoms with Gasteiger partial charge < -0.3 is 15.8 Å². The molecule has 0 aliphatic carbocycles. The highest BCUT2D eigenvalue weighted by molar-refractivity contribution is 6.07. The molecule has 0 saturated carbocycles. The number of anilines is 2. The van der Waals surface area contributed by atoms with E-state index in [-0.39, 0.29) is 5.91 Å². The Kier molecular flexibility index (Phi) is 3.66. The first kappa shape index (κ1) is 12.9. The molecular formula is C14H15N3O2. The fourth-order valence-corrected chi connectivity index (χ4v) is 1.76. The van der Waals surface area contributed by atoms with Crippen LogP contribution in [-0.2, 0) is 0 Å². The quantitative estimate of drug-likeness (QED) is 0.827. The zero-order chi connectivity index (χ0) is 13.8. The van der Waals surface area contributed by atoms with E-state index in [0.29, 0.717) is 22.7 Å². The van der Waals surface area contributed by atoms with Crippen molar-refractivity contribution in [3.63, 3.8) is 0 Å². The van der Waals surface area contributed by atoms with E-state index in [1.54, 1.807) is 36.7 Å². The van der Waals surface area contributed by atoms with Crippen molar-refractivity contribution in [2.24, 2.45) is 0 Å². The minimum absolute atomic E-state index is 0.265. The van der Waals surface area contributed by atoms with Gasteiger partial charge in [-0.05, 0) is 30.7 Å². The smallest absolute Gasteiger partial charge is 0.259 e. The van der Waals surface area contributed by atoms with E-state index in [2.05, 4.69) is 10.3 Å². The first-order valence-corrected chi connectivity index (χ1v) is 5.78. The van der Waals surface area contributed by atoms with Crippen LogP contribution in [0.1, 0.15) is 15.9 Å². The average molecular weight is 257 g/mol. The minimum Gasteiger partial charge on any atom is -0.494 e. The number of para-hydroxylation sites is 1. The van der Waals surface area contributed by atoms with Crippen molar-refractivity contribution in [3.8, 4) is 5.75 Å². The summed E-state index contributed by atoms with van der Waals surface area (Å²) in [7, 11) is 1.49. The number of pyridine rings is 1. The molecule has 2 rings (SSSR count). The summed E-state index contributed by atoms with van der Waals surface area (Å²) in [5, 5.41) is 2.81. The Hall–Kier alpha value is -2.56. The number of nitrogens with zero attached hydrogens (tertiary/aromatic N) is 1. The molecule has 5 nitrogen and oxygen atoms in total. The van der Waals surface area contributed by atoms with Crippen LogP contribution in [0.25, 0.3) is 0 Å². The first-order valence-electron chi connectivity index (χ1n) is 5.78. The number of hydrogen-bond acceptors (Lipinski definition) is 4. The van der Waals surface area contributed by atoms with Crippen LogP contribution < -0.4 is 15.8 Å². The van der Waals surface area contributed by atoms with Crippen LogP contribution in [0.3, 0.4) is 0 Å². The summed E-state index contributed by atoms with van der Waals surface area (Å²) in [6.07, 6.45) is 3.31. The van der Waals surface area contributed by atoms with Crippen molar-refractivity contribution < 1.29 is 9.53 Å². The van der Waals surface area contributed by atoms with E-state index in [0.717, 1.165) is 5.56 Å². The maximum Gasteiger partial charge on any atom is 0.259 e. The van der Waals surface area contributed by atoms with Crippen LogP contribution in [0.4, 0.5) is 11.4 Å². The molecule has 0 unspecified atom stereocenters. The first-order chi connectivity index (χ1) is 9.13. The van der Waals surface area contributed by atoms with E-state index >= 15 is 0 Å². The van der Waals surface area contributed by atoms with Crippen molar-refractivity contribution in [2.45, 2.75) is 6.92 Å². The van der Waals surface area contributed by atoms with Gasteiger partial charge in [-0.1, -0.05) is 6.07 Å². The third-order valence-electron chi connectivity index (χ3n) is 2.76. The SMILES string of the molecule is COc1c(N)cccc1C(=O)Nc1ccncc1C. The topological polar surface area (TPSA) is 77.2 Å². The predicted octanol–water partition coefficient (Wildman–Crippen LogP) is 2.23. The molecule has 0 fully saturated rings. The second-order valence-electron chi connectivity index (χ2n) is 4.07. The molecule has 0 aliphatic rings. The molecule has 0 radical (unpaired) electrons. The second kappa shape index (κ2) is 5.39. The highest BCUT2D eigenvalue weighted by Gasteiger charge is 2.15. The monoisotopic (exact) mass is 257 g/mol. The molecule has 0 bridgehead atoms. The largest absolute Gasteiger partial charge is 0.494 e. The fourth-order valence-electron chi connectivity index (χ4n) is 1.76. The average Bonchev–Trinajstić information content (AvgIpc) is 2.41. The summed E-state index contributed by atoms with van der Waals surface area (Å²) in [4.78, 5) is 16.2. The molecule has 5 heteroatoms. The second-order valence-corrected chi connectivity index (χ2v) is 4.07. The summed E-state index contributed by atoms with van der Waals surface area (Å²) >= 11 is 0. The van der Waals surface area contributed by atoms with Gasteiger partial charge in [-0.3, -0.25) is 9.78 Å². The Bertz CT molecular complexity index is 611. The Balaban J connectivity index is 2.31. The molecule has 98 valence electrons. The number of rotatable bonds is 3. The minimum atomic E-state index is -0.265. The van der Waals surface area contributed by atoms with Crippen LogP contribution in [0.2, 0.25) is 0 Å². The maximum absolute atomic E-state index is 12.2. The van der Waals surface area contributed by atoms with Crippen molar-refractivity contribution in [1.29, 1.82) is 0 Å². The van der Waals surface area contributed by atoms with Gasteiger partial charge in [0.25, 0.3) is 5.91 Å². The van der Waals surface area contributed by atoms with Gasteiger partial charge in [0, 0.05) is 18.1 Å². The summed E-state index contributed by atoms with van der Waals surface area (Å²) < 4.78 is 5.17. The highest BCUT2D eigenvalue weighted by Crippen LogP contribution is 2.26. The lowest BCUT2D eigenvalue weighted by molar-refractivity contribution is 0.102. The number of ether oxygens (including phenoxy) is 1. The Morgan fingerprint density at radius 1 is 1.37 bits per heavy atom. The Morgan fingerprint density at radius 3 is 2.84 bits per heavy atom. The van der Waals surface area contributed by atoms with E-state index in [1.807, 2.05) is 6.92 Å². The zero-order valence-electron chi connectivity index (χ0n) is 10.8. The lowest BCUT2D eigenvalue weighted by atomic mass is 10.1. The van der Waals surface area contributed by atoms with E-state index < -0.39 is 0 Å². The molecular weight excluding hydrogens is 242 g/mol. The van der Waals surface area contributed by atoms with Gasteiger partial charge in [-0.25, -0.2) is 0 Å². The van der Waals surface area contributed by atoms with Crippen LogP contribution in [-0.4, -0.2) is 18.0 Å². The van der Waals surface area contributed by atoms with E-state index in [9.17, 15) is 4.79 Å². The normalized spacial score (nSPS) is 10.0. The molecule has 1 heterocycles. The molecule has 2 aromatic rings. The van der Waals surface area contributed by atoms with Gasteiger partial charge in [0.2, 0.25) is 0 Å². The third-order valence-corrected chi connectivity index (χ3v) is 2.76. The number of aryl methyl sites for hydroxylation is 1. The van der Waals surface area contributed by atoms with Gasteiger partial charge in [0.05, 0.1) is 18.4 Å². The number of carbonyl (C=O) groups is 1. The van der Waals surface area contributed by atoms with Crippen molar-refractivity contribution >= 4 is 17.3 Å². The number of nitrogens with one attached hydrogen (secondary N) is 1. The summed E-state index contributed by atoms with van der Waals surface area (Å²) in [6, 6.07) is 6.81. The molecule has 0 spiro atoms. The number of benzene rings is 1. The number of carbonyl (C=O) groups excluding carboxylic acids is 1. The van der Waals surface area contributed by atoms with E-state index in [1.165, 1.54) is 7.11 Å². The molecule has 0 aliphatic heterocycles. The summed E-state index contributed by atoms with van der Waals surface area (Å²) in [5.74, 6) is 0.116. The zero-order valence-corrected chi connectivity index (χ0v) is 10.8. The highest BCUT2D eigenvalue weighted by atomic mass is 16.5. The number of nitrogens with two attached hydrogens (primary N) is 1. The Morgan fingerprint density at radius 2 is 2.16 bits per heavy atom. The van der Waals surface area contributed by atoms with Crippen molar-refractivity contribution in [3.05, 3.63) is 47.8 Å². The molecule has 3 N–H and O–H groups in total. The van der Waals surface area contributed by atoms with Crippen LogP contribution in [0.5, 0.6) is 5.75 Å². The van der Waals surface area contributed by atoms with Crippen LogP contribution in [0.15, 0.2) is 36.7 Å². The number of amides is 1. The summed E-state index contributed by atoms with van der Waals surface area (Å²) in [5.41, 5.74) is 8.21. The fraction of sp³-hybridized carbons (Fsp3) is 0.143. The molecule has 1 amide bonds. The standard InChI is InChI=1S/C14H15N3O2/c1-9-8-16-7-6-12(9)17-14(18)10-4-3-5-11(15)13(10)19-2/h3-8H,15H2,1-2H3,(H,16,17,18).